The third-order valence-corrected chi connectivity index (χ3v) is 5.45. The molecule has 5 rings (SSSR count). The number of benzene rings is 4. The molecule has 0 fully saturated rings. The topological polar surface area (TPSA) is 32.9 Å². The fraction of sp³-hybridized carbons (Fsp3) is 0. The van der Waals surface area contributed by atoms with E-state index in [2.05, 4.69) is 29.2 Å². The number of hydrogen-bond donors (Lipinski definition) is 1. The highest BCUT2D eigenvalue weighted by molar-refractivity contribution is 6.18. The van der Waals surface area contributed by atoms with Gasteiger partial charge in [0, 0.05) is 11.1 Å². The number of aromatic nitrogens is 1. The number of ketones is 1. The van der Waals surface area contributed by atoms with Gasteiger partial charge >= 0.3 is 0 Å². The van der Waals surface area contributed by atoms with Crippen LogP contribution < -0.4 is 0 Å². The highest BCUT2D eigenvalue weighted by atomic mass is 16.1. The van der Waals surface area contributed by atoms with Crippen LogP contribution in [0.15, 0.2) is 121 Å². The van der Waals surface area contributed by atoms with Gasteiger partial charge in [0.05, 0.1) is 17.0 Å². The lowest BCUT2D eigenvalue weighted by atomic mass is 9.91. The Morgan fingerprint density at radius 1 is 0.484 bits per heavy atom. The van der Waals surface area contributed by atoms with Crippen molar-refractivity contribution in [2.45, 2.75) is 0 Å². The second kappa shape index (κ2) is 8.29. The van der Waals surface area contributed by atoms with Gasteiger partial charge in [-0.2, -0.15) is 0 Å². The zero-order valence-electron chi connectivity index (χ0n) is 17.0. The van der Waals surface area contributed by atoms with Gasteiger partial charge in [-0.25, -0.2) is 0 Å². The van der Waals surface area contributed by atoms with Gasteiger partial charge in [0.2, 0.25) is 0 Å². The zero-order chi connectivity index (χ0) is 21.0. The first-order valence-corrected chi connectivity index (χ1v) is 10.3. The molecule has 1 N–H and O–H groups in total. The molecule has 31 heavy (non-hydrogen) atoms. The van der Waals surface area contributed by atoms with E-state index in [9.17, 15) is 4.79 Å². The maximum absolute atomic E-state index is 13.9. The van der Waals surface area contributed by atoms with E-state index in [-0.39, 0.29) is 5.78 Å². The van der Waals surface area contributed by atoms with Gasteiger partial charge < -0.3 is 4.98 Å². The molecule has 0 aliphatic carbocycles. The minimum atomic E-state index is 0.0109. The van der Waals surface area contributed by atoms with Crippen LogP contribution in [0.3, 0.4) is 0 Å². The van der Waals surface area contributed by atoms with Crippen molar-refractivity contribution in [3.05, 3.63) is 132 Å². The minimum absolute atomic E-state index is 0.0109. The van der Waals surface area contributed by atoms with Crippen LogP contribution >= 0.6 is 0 Å². The highest BCUT2D eigenvalue weighted by Crippen LogP contribution is 2.41. The Bertz CT molecular complexity index is 1310. The molecule has 2 nitrogen and oxygen atoms in total. The molecule has 0 radical (unpaired) electrons. The van der Waals surface area contributed by atoms with E-state index < -0.39 is 0 Å². The van der Waals surface area contributed by atoms with E-state index in [0.29, 0.717) is 11.1 Å². The van der Waals surface area contributed by atoms with Gasteiger partial charge in [-0.15, -0.1) is 0 Å². The van der Waals surface area contributed by atoms with Gasteiger partial charge in [-0.1, -0.05) is 121 Å². The molecule has 0 unspecified atom stereocenters. The van der Waals surface area contributed by atoms with Gasteiger partial charge in [-0.05, 0) is 16.7 Å². The first-order valence-electron chi connectivity index (χ1n) is 10.3. The molecule has 148 valence electrons. The SMILES string of the molecule is O=C(c1ccccc1)c1c(-c2ccccc2)[nH]c(-c2ccccc2)c1-c1ccccc1. The zero-order valence-corrected chi connectivity index (χ0v) is 17.0. The summed E-state index contributed by atoms with van der Waals surface area (Å²) in [5.74, 6) is 0.0109. The predicted molar refractivity (Wildman–Crippen MR) is 127 cm³/mol. The van der Waals surface area contributed by atoms with Crippen LogP contribution in [-0.4, -0.2) is 10.8 Å². The molecule has 2 heteroatoms. The number of rotatable bonds is 5. The Kier molecular flexibility index (Phi) is 5.04. The van der Waals surface area contributed by atoms with Crippen LogP contribution in [0.25, 0.3) is 33.6 Å². The van der Waals surface area contributed by atoms with Crippen LogP contribution in [-0.2, 0) is 0 Å². The number of H-pyrrole nitrogens is 1. The molecule has 0 saturated heterocycles. The lowest BCUT2D eigenvalue weighted by molar-refractivity contribution is 0.104. The second-order valence-corrected chi connectivity index (χ2v) is 7.42. The molecule has 0 saturated carbocycles. The Hall–Kier alpha value is -4.17. The minimum Gasteiger partial charge on any atom is -0.353 e. The number of aromatic amines is 1. The maximum atomic E-state index is 13.9. The molecule has 0 amide bonds. The van der Waals surface area contributed by atoms with E-state index in [1.807, 2.05) is 97.1 Å². The fourth-order valence-electron chi connectivity index (χ4n) is 4.00. The average molecular weight is 399 g/mol. The number of hydrogen-bond acceptors (Lipinski definition) is 1. The smallest absolute Gasteiger partial charge is 0.195 e. The second-order valence-electron chi connectivity index (χ2n) is 7.42. The van der Waals surface area contributed by atoms with Gasteiger partial charge in [-0.3, -0.25) is 4.79 Å². The molecule has 1 aromatic heterocycles. The molecule has 0 aliphatic rings. The van der Waals surface area contributed by atoms with Crippen molar-refractivity contribution in [3.8, 4) is 33.6 Å². The van der Waals surface area contributed by atoms with E-state index >= 15 is 0 Å². The normalized spacial score (nSPS) is 10.7. The summed E-state index contributed by atoms with van der Waals surface area (Å²) in [6.07, 6.45) is 0. The van der Waals surface area contributed by atoms with Crippen molar-refractivity contribution >= 4 is 5.78 Å². The predicted octanol–water partition coefficient (Wildman–Crippen LogP) is 7.25. The Labute approximate surface area is 181 Å². The Morgan fingerprint density at radius 2 is 0.903 bits per heavy atom. The summed E-state index contributed by atoms with van der Waals surface area (Å²) < 4.78 is 0. The summed E-state index contributed by atoms with van der Waals surface area (Å²) in [6, 6.07) is 39.9. The van der Waals surface area contributed by atoms with Crippen LogP contribution in [0.2, 0.25) is 0 Å². The largest absolute Gasteiger partial charge is 0.353 e. The van der Waals surface area contributed by atoms with E-state index in [1.165, 1.54) is 0 Å². The van der Waals surface area contributed by atoms with Crippen molar-refractivity contribution < 1.29 is 4.79 Å². The summed E-state index contributed by atoms with van der Waals surface area (Å²) >= 11 is 0. The molecule has 1 heterocycles. The van der Waals surface area contributed by atoms with Crippen molar-refractivity contribution in [2.75, 3.05) is 0 Å². The highest BCUT2D eigenvalue weighted by Gasteiger charge is 2.26. The molecule has 0 atom stereocenters. The summed E-state index contributed by atoms with van der Waals surface area (Å²) in [4.78, 5) is 17.5. The van der Waals surface area contributed by atoms with Crippen LogP contribution in [0.1, 0.15) is 15.9 Å². The lowest BCUT2D eigenvalue weighted by Gasteiger charge is -2.09. The molecule has 0 spiro atoms. The van der Waals surface area contributed by atoms with Crippen molar-refractivity contribution in [3.63, 3.8) is 0 Å². The quantitative estimate of drug-likeness (QED) is 0.310. The third kappa shape index (κ3) is 3.60. The monoisotopic (exact) mass is 399 g/mol. The van der Waals surface area contributed by atoms with Crippen molar-refractivity contribution in [1.82, 2.24) is 4.98 Å². The standard InChI is InChI=1S/C29H21NO/c31-29(24-19-11-4-12-20-24)26-25(21-13-5-1-6-14-21)27(22-15-7-2-8-16-22)30-28(26)23-17-9-3-10-18-23/h1-20,30H. The average Bonchev–Trinajstić information content (AvgIpc) is 3.26. The summed E-state index contributed by atoms with van der Waals surface area (Å²) in [7, 11) is 0. The Balaban J connectivity index is 1.86. The fourth-order valence-corrected chi connectivity index (χ4v) is 4.00. The molecular formula is C29H21NO. The molecular weight excluding hydrogens is 378 g/mol. The molecule has 4 aromatic carbocycles. The van der Waals surface area contributed by atoms with E-state index in [1.54, 1.807) is 0 Å². The van der Waals surface area contributed by atoms with E-state index in [0.717, 1.165) is 33.6 Å². The first-order chi connectivity index (χ1) is 15.3. The van der Waals surface area contributed by atoms with Gasteiger partial charge in [0.25, 0.3) is 0 Å². The Morgan fingerprint density at radius 3 is 1.42 bits per heavy atom. The number of carbonyl (C=O) groups is 1. The number of carbonyl (C=O) groups excluding carboxylic acids is 1. The number of nitrogens with one attached hydrogen (secondary N) is 1. The maximum Gasteiger partial charge on any atom is 0.195 e. The van der Waals surface area contributed by atoms with Crippen molar-refractivity contribution in [2.24, 2.45) is 0 Å². The third-order valence-electron chi connectivity index (χ3n) is 5.45. The van der Waals surface area contributed by atoms with Crippen LogP contribution in [0, 0.1) is 0 Å². The summed E-state index contributed by atoms with van der Waals surface area (Å²) in [5, 5.41) is 0. The molecule has 5 aromatic rings. The van der Waals surface area contributed by atoms with Gasteiger partial charge in [0.1, 0.15) is 0 Å². The van der Waals surface area contributed by atoms with Crippen LogP contribution in [0.4, 0.5) is 0 Å². The van der Waals surface area contributed by atoms with E-state index in [4.69, 9.17) is 0 Å². The van der Waals surface area contributed by atoms with Crippen molar-refractivity contribution in [1.29, 1.82) is 0 Å². The first kappa shape index (κ1) is 18.8. The lowest BCUT2D eigenvalue weighted by Crippen LogP contribution is -2.03. The summed E-state index contributed by atoms with van der Waals surface area (Å²) in [5.41, 5.74) is 7.14. The molecule has 0 aliphatic heterocycles. The van der Waals surface area contributed by atoms with Gasteiger partial charge in [0.15, 0.2) is 5.78 Å². The molecule has 0 bridgehead atoms. The summed E-state index contributed by atoms with van der Waals surface area (Å²) in [6.45, 7) is 0. The van der Waals surface area contributed by atoms with Crippen LogP contribution in [0.5, 0.6) is 0 Å².